The number of aromatic nitrogens is 4. The van der Waals surface area contributed by atoms with Gasteiger partial charge in [0.25, 0.3) is 11.5 Å². The number of fused-ring (bicyclic) bond motifs is 1. The van der Waals surface area contributed by atoms with Gasteiger partial charge in [-0.2, -0.15) is 5.10 Å². The number of rotatable bonds is 4. The summed E-state index contributed by atoms with van der Waals surface area (Å²) >= 11 is 0. The molecule has 0 fully saturated rings. The number of carbonyl (C=O) groups is 1. The molecule has 2 N–H and O–H groups in total. The van der Waals surface area contributed by atoms with E-state index in [1.165, 1.54) is 12.3 Å². The first kappa shape index (κ1) is 14.9. The molecule has 0 saturated heterocycles. The molecule has 0 bridgehead atoms. The van der Waals surface area contributed by atoms with Gasteiger partial charge in [0, 0.05) is 25.0 Å². The predicted molar refractivity (Wildman–Crippen MR) is 89.5 cm³/mol. The number of aromatic amines is 1. The Bertz CT molecular complexity index is 1030. The molecule has 2 aliphatic rings. The third-order valence-electron chi connectivity index (χ3n) is 3.75. The van der Waals surface area contributed by atoms with E-state index in [-0.39, 0.29) is 16.9 Å². The minimum atomic E-state index is -0.423. The molecule has 1 aromatic carbocycles. The highest BCUT2D eigenvalue weighted by Crippen LogP contribution is 2.21. The highest BCUT2D eigenvalue weighted by molar-refractivity contribution is 6.07. The van der Waals surface area contributed by atoms with Crippen molar-refractivity contribution in [2.45, 2.75) is 6.54 Å². The van der Waals surface area contributed by atoms with Gasteiger partial charge in [-0.25, -0.2) is 5.10 Å². The van der Waals surface area contributed by atoms with Crippen molar-refractivity contribution in [3.8, 4) is 11.3 Å². The summed E-state index contributed by atoms with van der Waals surface area (Å²) in [6, 6.07) is 11.3. The van der Waals surface area contributed by atoms with Gasteiger partial charge in [0.1, 0.15) is 12.0 Å². The average Bonchev–Trinajstić information content (AvgIpc) is 3.26. The topological polar surface area (TPSA) is 106 Å². The smallest absolute Gasteiger partial charge is 0.275 e. The molecule has 4 rings (SSSR count). The van der Waals surface area contributed by atoms with Gasteiger partial charge in [-0.05, 0) is 5.56 Å². The molecular formula is C17H13N5O3. The molecular weight excluding hydrogens is 322 g/mol. The quantitative estimate of drug-likeness (QED) is 0.593. The summed E-state index contributed by atoms with van der Waals surface area (Å²) in [6.07, 6.45) is 4.70. The van der Waals surface area contributed by atoms with Crippen molar-refractivity contribution in [1.29, 1.82) is 0 Å². The van der Waals surface area contributed by atoms with Crippen molar-refractivity contribution >= 4 is 11.7 Å². The Morgan fingerprint density at radius 3 is 2.80 bits per heavy atom. The lowest BCUT2D eigenvalue weighted by atomic mass is 10.1. The zero-order chi connectivity index (χ0) is 17.2. The van der Waals surface area contributed by atoms with Crippen LogP contribution in [0.2, 0.25) is 0 Å². The molecule has 25 heavy (non-hydrogen) atoms. The van der Waals surface area contributed by atoms with Crippen LogP contribution < -0.4 is 10.9 Å². The SMILES string of the molecule is O=C(Nc1ccon1)c1cn(Cc2ccccc2)cc2c(=O)[nH]nc1-2. The van der Waals surface area contributed by atoms with E-state index >= 15 is 0 Å². The lowest BCUT2D eigenvalue weighted by Gasteiger charge is -2.12. The van der Waals surface area contributed by atoms with Gasteiger partial charge in [0.2, 0.25) is 0 Å². The van der Waals surface area contributed by atoms with Crippen LogP contribution in [-0.4, -0.2) is 25.8 Å². The molecule has 2 aliphatic heterocycles. The first-order valence-corrected chi connectivity index (χ1v) is 7.54. The van der Waals surface area contributed by atoms with Crippen molar-refractivity contribution in [2.24, 2.45) is 0 Å². The fraction of sp³-hybridized carbons (Fsp3) is 0.0588. The standard InChI is InChI=1S/C17H13N5O3/c23-16(18-14-6-7-25-21-14)12-9-22(8-11-4-2-1-3-5-11)10-13-15(12)19-20-17(13)24/h1-7,9-10H,8H2,(H,20,24)(H,18,21,23). The van der Waals surface area contributed by atoms with Crippen LogP contribution in [0.4, 0.5) is 5.82 Å². The third kappa shape index (κ3) is 2.92. The summed E-state index contributed by atoms with van der Waals surface area (Å²) in [5, 5.41) is 12.6. The van der Waals surface area contributed by atoms with E-state index in [0.717, 1.165) is 5.56 Å². The number of hydrogen-bond acceptors (Lipinski definition) is 5. The van der Waals surface area contributed by atoms with Gasteiger partial charge in [-0.1, -0.05) is 35.5 Å². The number of amides is 1. The van der Waals surface area contributed by atoms with E-state index < -0.39 is 5.91 Å². The number of anilines is 1. The molecule has 2 aromatic rings. The Kier molecular flexibility index (Phi) is 3.62. The van der Waals surface area contributed by atoms with E-state index in [4.69, 9.17) is 4.52 Å². The summed E-state index contributed by atoms with van der Waals surface area (Å²) < 4.78 is 6.49. The van der Waals surface area contributed by atoms with Crippen molar-refractivity contribution < 1.29 is 9.32 Å². The number of carbonyl (C=O) groups excluding carboxylic acids is 1. The maximum atomic E-state index is 12.6. The van der Waals surface area contributed by atoms with Crippen LogP contribution >= 0.6 is 0 Å². The number of pyridine rings is 1. The molecule has 8 heteroatoms. The largest absolute Gasteiger partial charge is 0.363 e. The molecule has 8 nitrogen and oxygen atoms in total. The highest BCUT2D eigenvalue weighted by Gasteiger charge is 2.22. The second-order valence-electron chi connectivity index (χ2n) is 5.48. The van der Waals surface area contributed by atoms with Gasteiger partial charge in [0.15, 0.2) is 5.82 Å². The average molecular weight is 335 g/mol. The lowest BCUT2D eigenvalue weighted by Crippen LogP contribution is -2.17. The van der Waals surface area contributed by atoms with Crippen LogP contribution in [0.15, 0.2) is 64.4 Å². The second-order valence-corrected chi connectivity index (χ2v) is 5.48. The maximum absolute atomic E-state index is 12.6. The molecule has 0 saturated carbocycles. The normalized spacial score (nSPS) is 10.9. The Labute approximate surface area is 141 Å². The molecule has 1 aromatic heterocycles. The molecule has 124 valence electrons. The summed E-state index contributed by atoms with van der Waals surface area (Å²) in [4.78, 5) is 24.6. The molecule has 0 spiro atoms. The highest BCUT2D eigenvalue weighted by atomic mass is 16.5. The number of hydrogen-bond donors (Lipinski definition) is 2. The van der Waals surface area contributed by atoms with E-state index in [0.29, 0.717) is 17.8 Å². The monoisotopic (exact) mass is 335 g/mol. The van der Waals surface area contributed by atoms with Gasteiger partial charge < -0.3 is 14.4 Å². The van der Waals surface area contributed by atoms with Gasteiger partial charge in [-0.15, -0.1) is 0 Å². The number of nitrogens with zero attached hydrogens (tertiary/aromatic N) is 3. The maximum Gasteiger partial charge on any atom is 0.275 e. The summed E-state index contributed by atoms with van der Waals surface area (Å²) in [5.41, 5.74) is 1.65. The molecule has 0 unspecified atom stereocenters. The number of benzene rings is 1. The van der Waals surface area contributed by atoms with Gasteiger partial charge >= 0.3 is 0 Å². The summed E-state index contributed by atoms with van der Waals surface area (Å²) in [5.74, 6) is -0.137. The fourth-order valence-corrected chi connectivity index (χ4v) is 2.60. The van der Waals surface area contributed by atoms with Crippen LogP contribution in [0, 0.1) is 0 Å². The zero-order valence-corrected chi connectivity index (χ0v) is 13.0. The van der Waals surface area contributed by atoms with E-state index in [1.807, 2.05) is 30.3 Å². The number of H-pyrrole nitrogens is 1. The van der Waals surface area contributed by atoms with E-state index in [2.05, 4.69) is 20.7 Å². The molecule has 0 radical (unpaired) electrons. The first-order chi connectivity index (χ1) is 12.2. The number of nitrogens with one attached hydrogen (secondary N) is 2. The Morgan fingerprint density at radius 2 is 2.04 bits per heavy atom. The second kappa shape index (κ2) is 6.08. The Hall–Kier alpha value is -3.68. The van der Waals surface area contributed by atoms with Crippen molar-refractivity contribution in [3.63, 3.8) is 0 Å². The van der Waals surface area contributed by atoms with Crippen LogP contribution in [0.1, 0.15) is 15.9 Å². The van der Waals surface area contributed by atoms with E-state index in [9.17, 15) is 9.59 Å². The van der Waals surface area contributed by atoms with Crippen molar-refractivity contribution in [3.05, 3.63) is 76.5 Å². The lowest BCUT2D eigenvalue weighted by molar-refractivity contribution is 0.102. The van der Waals surface area contributed by atoms with Gasteiger partial charge in [0.05, 0.1) is 11.1 Å². The van der Waals surface area contributed by atoms with Crippen LogP contribution in [0.3, 0.4) is 0 Å². The molecule has 3 heterocycles. The van der Waals surface area contributed by atoms with E-state index in [1.54, 1.807) is 17.0 Å². The third-order valence-corrected chi connectivity index (χ3v) is 3.75. The minimum absolute atomic E-state index is 0.273. The molecule has 1 amide bonds. The van der Waals surface area contributed by atoms with Crippen molar-refractivity contribution in [2.75, 3.05) is 5.32 Å². The Morgan fingerprint density at radius 1 is 1.20 bits per heavy atom. The van der Waals surface area contributed by atoms with Crippen LogP contribution in [0.25, 0.3) is 11.3 Å². The Balaban J connectivity index is 1.74. The summed E-state index contributed by atoms with van der Waals surface area (Å²) in [6.45, 7) is 0.519. The van der Waals surface area contributed by atoms with Crippen LogP contribution in [0.5, 0.6) is 0 Å². The molecule has 0 atom stereocenters. The van der Waals surface area contributed by atoms with Gasteiger partial charge in [-0.3, -0.25) is 9.59 Å². The fourth-order valence-electron chi connectivity index (χ4n) is 2.60. The first-order valence-electron chi connectivity index (χ1n) is 7.54. The van der Waals surface area contributed by atoms with Crippen LogP contribution in [-0.2, 0) is 6.54 Å². The molecule has 0 aliphatic carbocycles. The van der Waals surface area contributed by atoms with Crippen molar-refractivity contribution in [1.82, 2.24) is 19.9 Å². The minimum Gasteiger partial charge on any atom is -0.363 e. The predicted octanol–water partition coefficient (Wildman–Crippen LogP) is 1.96. The summed E-state index contributed by atoms with van der Waals surface area (Å²) in [7, 11) is 0. The zero-order valence-electron chi connectivity index (χ0n) is 13.0.